The molecule has 1 aliphatic rings. The SMILES string of the molecule is CN(C)CCOC1CCN(CC(O)Cn2cccn2)CC1. The van der Waals surface area contributed by atoms with Gasteiger partial charge in [0.2, 0.25) is 0 Å². The molecular formula is C15H28N4O2. The second-order valence-corrected chi connectivity index (χ2v) is 6.06. The highest BCUT2D eigenvalue weighted by atomic mass is 16.5. The molecule has 0 amide bonds. The first-order valence-corrected chi connectivity index (χ1v) is 7.77. The van der Waals surface area contributed by atoms with Gasteiger partial charge in [-0.2, -0.15) is 5.10 Å². The number of rotatable bonds is 8. The maximum Gasteiger partial charge on any atom is 0.0862 e. The van der Waals surface area contributed by atoms with E-state index < -0.39 is 0 Å². The minimum atomic E-state index is -0.365. The number of likely N-dealkylation sites (N-methyl/N-ethyl adjacent to an activating group) is 1. The summed E-state index contributed by atoms with van der Waals surface area (Å²) in [5.74, 6) is 0. The largest absolute Gasteiger partial charge is 0.390 e. The fourth-order valence-electron chi connectivity index (χ4n) is 2.64. The van der Waals surface area contributed by atoms with E-state index >= 15 is 0 Å². The van der Waals surface area contributed by atoms with Crippen molar-refractivity contribution < 1.29 is 9.84 Å². The van der Waals surface area contributed by atoms with Crippen LogP contribution in [0.3, 0.4) is 0 Å². The van der Waals surface area contributed by atoms with Gasteiger partial charge < -0.3 is 19.6 Å². The highest BCUT2D eigenvalue weighted by molar-refractivity contribution is 4.80. The molecule has 0 aliphatic carbocycles. The summed E-state index contributed by atoms with van der Waals surface area (Å²) in [5, 5.41) is 14.2. The lowest BCUT2D eigenvalue weighted by Gasteiger charge is -2.33. The second-order valence-electron chi connectivity index (χ2n) is 6.06. The fraction of sp³-hybridized carbons (Fsp3) is 0.800. The van der Waals surface area contributed by atoms with Crippen molar-refractivity contribution in [2.75, 3.05) is 46.9 Å². The van der Waals surface area contributed by atoms with Crippen LogP contribution in [0.1, 0.15) is 12.8 Å². The molecule has 1 aliphatic heterocycles. The third-order valence-corrected chi connectivity index (χ3v) is 3.85. The van der Waals surface area contributed by atoms with E-state index in [-0.39, 0.29) is 6.10 Å². The van der Waals surface area contributed by atoms with Gasteiger partial charge in [0.25, 0.3) is 0 Å². The van der Waals surface area contributed by atoms with Crippen molar-refractivity contribution in [3.63, 3.8) is 0 Å². The molecule has 6 nitrogen and oxygen atoms in total. The number of β-amino-alcohol motifs (C(OH)–C–C–N with tert-alkyl or cyclic N) is 1. The smallest absolute Gasteiger partial charge is 0.0862 e. The summed E-state index contributed by atoms with van der Waals surface area (Å²) in [6, 6.07) is 1.88. The molecule has 120 valence electrons. The number of piperidine rings is 1. The van der Waals surface area contributed by atoms with E-state index in [9.17, 15) is 5.11 Å². The van der Waals surface area contributed by atoms with Crippen molar-refractivity contribution in [1.29, 1.82) is 0 Å². The van der Waals surface area contributed by atoms with Crippen molar-refractivity contribution in [2.24, 2.45) is 0 Å². The Hall–Kier alpha value is -0.950. The normalized spacial score (nSPS) is 19.2. The van der Waals surface area contributed by atoms with Gasteiger partial charge in [0.1, 0.15) is 0 Å². The van der Waals surface area contributed by atoms with Gasteiger partial charge in [0.05, 0.1) is 25.4 Å². The Labute approximate surface area is 127 Å². The molecule has 0 aromatic carbocycles. The predicted molar refractivity (Wildman–Crippen MR) is 82.2 cm³/mol. The number of nitrogens with zero attached hydrogens (tertiary/aromatic N) is 4. The second kappa shape index (κ2) is 8.48. The van der Waals surface area contributed by atoms with Gasteiger partial charge in [-0.3, -0.25) is 4.68 Å². The van der Waals surface area contributed by atoms with Gasteiger partial charge in [0.15, 0.2) is 0 Å². The summed E-state index contributed by atoms with van der Waals surface area (Å²) in [6.45, 7) is 5.06. The zero-order chi connectivity index (χ0) is 15.1. The standard InChI is InChI=1S/C15H28N4O2/c1-17(2)10-11-21-15-4-8-18(9-5-15)12-14(20)13-19-7-3-6-16-19/h3,6-7,14-15,20H,4-5,8-13H2,1-2H3. The van der Waals surface area contributed by atoms with Gasteiger partial charge in [-0.15, -0.1) is 0 Å². The topological polar surface area (TPSA) is 53.8 Å². The molecule has 1 fully saturated rings. The number of ether oxygens (including phenoxy) is 1. The summed E-state index contributed by atoms with van der Waals surface area (Å²) < 4.78 is 7.67. The quantitative estimate of drug-likeness (QED) is 0.747. The Morgan fingerprint density at radius 1 is 1.33 bits per heavy atom. The third-order valence-electron chi connectivity index (χ3n) is 3.85. The predicted octanol–water partition coefficient (Wildman–Crippen LogP) is 0.287. The summed E-state index contributed by atoms with van der Waals surface area (Å²) >= 11 is 0. The monoisotopic (exact) mass is 296 g/mol. The zero-order valence-corrected chi connectivity index (χ0v) is 13.2. The average Bonchev–Trinajstić information content (AvgIpc) is 2.93. The molecule has 2 rings (SSSR count). The molecule has 1 unspecified atom stereocenters. The maximum atomic E-state index is 10.1. The Balaban J connectivity index is 1.60. The van der Waals surface area contributed by atoms with Crippen LogP contribution in [0.25, 0.3) is 0 Å². The van der Waals surface area contributed by atoms with Crippen LogP contribution in [0.5, 0.6) is 0 Å². The van der Waals surface area contributed by atoms with Crippen molar-refractivity contribution in [1.82, 2.24) is 19.6 Å². The van der Waals surface area contributed by atoms with Gasteiger partial charge in [-0.05, 0) is 33.0 Å². The molecule has 21 heavy (non-hydrogen) atoms. The van der Waals surface area contributed by atoms with Gasteiger partial charge in [-0.1, -0.05) is 0 Å². The lowest BCUT2D eigenvalue weighted by molar-refractivity contribution is -0.00787. The van der Waals surface area contributed by atoms with Crippen molar-refractivity contribution in [2.45, 2.75) is 31.6 Å². The van der Waals surface area contributed by atoms with E-state index in [1.807, 2.05) is 12.3 Å². The van der Waals surface area contributed by atoms with Crippen LogP contribution >= 0.6 is 0 Å². The molecule has 6 heteroatoms. The lowest BCUT2D eigenvalue weighted by Crippen LogP contribution is -2.42. The van der Waals surface area contributed by atoms with Crippen LogP contribution in [0.15, 0.2) is 18.5 Å². The van der Waals surface area contributed by atoms with E-state index in [4.69, 9.17) is 4.74 Å². The van der Waals surface area contributed by atoms with Crippen LogP contribution in [-0.4, -0.2) is 83.8 Å². The summed E-state index contributed by atoms with van der Waals surface area (Å²) in [7, 11) is 4.12. The molecule has 0 spiro atoms. The van der Waals surface area contributed by atoms with Crippen molar-refractivity contribution >= 4 is 0 Å². The molecular weight excluding hydrogens is 268 g/mol. The Bertz CT molecular complexity index is 375. The minimum Gasteiger partial charge on any atom is -0.390 e. The molecule has 1 aromatic rings. The first kappa shape index (κ1) is 16.4. The molecule has 2 heterocycles. The summed E-state index contributed by atoms with van der Waals surface area (Å²) in [6.07, 6.45) is 5.75. The van der Waals surface area contributed by atoms with Crippen molar-refractivity contribution in [3.8, 4) is 0 Å². The lowest BCUT2D eigenvalue weighted by atomic mass is 10.1. The number of aromatic nitrogens is 2. The number of hydrogen-bond donors (Lipinski definition) is 1. The molecule has 1 N–H and O–H groups in total. The number of aliphatic hydroxyl groups is 1. The Morgan fingerprint density at radius 2 is 2.10 bits per heavy atom. The highest BCUT2D eigenvalue weighted by Gasteiger charge is 2.21. The Kier molecular flexibility index (Phi) is 6.63. The maximum absolute atomic E-state index is 10.1. The van der Waals surface area contributed by atoms with Crippen LogP contribution in [0.2, 0.25) is 0 Å². The summed E-state index contributed by atoms with van der Waals surface area (Å²) in [5.41, 5.74) is 0. The van der Waals surface area contributed by atoms with E-state index in [1.54, 1.807) is 10.9 Å². The molecule has 1 atom stereocenters. The Morgan fingerprint density at radius 3 is 2.71 bits per heavy atom. The van der Waals surface area contributed by atoms with E-state index in [0.29, 0.717) is 19.2 Å². The van der Waals surface area contributed by atoms with Crippen LogP contribution < -0.4 is 0 Å². The minimum absolute atomic E-state index is 0.365. The van der Waals surface area contributed by atoms with Gasteiger partial charge in [0, 0.05) is 38.6 Å². The van der Waals surface area contributed by atoms with E-state index in [0.717, 1.165) is 39.1 Å². The molecule has 1 aromatic heterocycles. The first-order valence-electron chi connectivity index (χ1n) is 7.77. The van der Waals surface area contributed by atoms with Gasteiger partial charge >= 0.3 is 0 Å². The molecule has 0 saturated carbocycles. The van der Waals surface area contributed by atoms with E-state index in [2.05, 4.69) is 29.0 Å². The fourth-order valence-corrected chi connectivity index (χ4v) is 2.64. The molecule has 0 bridgehead atoms. The third kappa shape index (κ3) is 6.13. The molecule has 1 saturated heterocycles. The number of aliphatic hydroxyl groups excluding tert-OH is 1. The van der Waals surface area contributed by atoms with Crippen LogP contribution in [0, 0.1) is 0 Å². The first-order chi connectivity index (χ1) is 10.1. The van der Waals surface area contributed by atoms with Gasteiger partial charge in [-0.25, -0.2) is 0 Å². The summed E-state index contributed by atoms with van der Waals surface area (Å²) in [4.78, 5) is 4.46. The molecule has 0 radical (unpaired) electrons. The van der Waals surface area contributed by atoms with E-state index in [1.165, 1.54) is 0 Å². The average molecular weight is 296 g/mol. The zero-order valence-electron chi connectivity index (χ0n) is 13.2. The van der Waals surface area contributed by atoms with Crippen LogP contribution in [0.4, 0.5) is 0 Å². The highest BCUT2D eigenvalue weighted by Crippen LogP contribution is 2.14. The number of likely N-dealkylation sites (tertiary alicyclic amines) is 1. The van der Waals surface area contributed by atoms with Crippen molar-refractivity contribution in [3.05, 3.63) is 18.5 Å². The number of hydrogen-bond acceptors (Lipinski definition) is 5. The van der Waals surface area contributed by atoms with Crippen LogP contribution in [-0.2, 0) is 11.3 Å².